The highest BCUT2D eigenvalue weighted by atomic mass is 19.1. The van der Waals surface area contributed by atoms with Crippen LogP contribution in [0.25, 0.3) is 0 Å². The molecule has 1 N–H and O–H groups in total. The summed E-state index contributed by atoms with van der Waals surface area (Å²) in [6.07, 6.45) is 2.78. The zero-order valence-corrected chi connectivity index (χ0v) is 10.7. The fraction of sp³-hybridized carbons (Fsp3) is 0.0667. The van der Waals surface area contributed by atoms with Crippen LogP contribution in [0.1, 0.15) is 5.56 Å². The molecule has 20 heavy (non-hydrogen) atoms. The number of halogens is 1. The highest BCUT2D eigenvalue weighted by Gasteiger charge is 2.02. The van der Waals surface area contributed by atoms with Crippen molar-refractivity contribution in [3.63, 3.8) is 0 Å². The maximum absolute atomic E-state index is 12.8. The molecule has 0 fully saturated rings. The van der Waals surface area contributed by atoms with Gasteiger partial charge in [0.2, 0.25) is 11.8 Å². The van der Waals surface area contributed by atoms with Gasteiger partial charge in [-0.1, -0.05) is 6.58 Å². The van der Waals surface area contributed by atoms with Crippen LogP contribution in [0.5, 0.6) is 11.6 Å². The molecular formula is C15H13FN2O2. The molecule has 0 atom stereocenters. The van der Waals surface area contributed by atoms with Crippen LogP contribution in [0, 0.1) is 5.82 Å². The molecule has 0 unspecified atom stereocenters. The van der Waals surface area contributed by atoms with Crippen molar-refractivity contribution in [1.29, 1.82) is 0 Å². The van der Waals surface area contributed by atoms with Gasteiger partial charge in [-0.25, -0.2) is 9.37 Å². The van der Waals surface area contributed by atoms with Crippen molar-refractivity contribution in [2.24, 2.45) is 0 Å². The van der Waals surface area contributed by atoms with E-state index >= 15 is 0 Å². The molecule has 1 aromatic carbocycles. The zero-order chi connectivity index (χ0) is 14.4. The smallest absolute Gasteiger partial charge is 0.243 e. The van der Waals surface area contributed by atoms with Crippen LogP contribution in [0.2, 0.25) is 0 Å². The average Bonchev–Trinajstić information content (AvgIpc) is 2.47. The van der Waals surface area contributed by atoms with E-state index in [1.807, 2.05) is 0 Å². The van der Waals surface area contributed by atoms with Crippen molar-refractivity contribution in [3.8, 4) is 11.6 Å². The van der Waals surface area contributed by atoms with E-state index in [9.17, 15) is 9.18 Å². The molecule has 1 aromatic heterocycles. The number of ether oxygens (including phenoxy) is 1. The van der Waals surface area contributed by atoms with Crippen LogP contribution < -0.4 is 10.1 Å². The predicted molar refractivity (Wildman–Crippen MR) is 72.8 cm³/mol. The fourth-order valence-corrected chi connectivity index (χ4v) is 1.50. The van der Waals surface area contributed by atoms with Crippen LogP contribution >= 0.6 is 0 Å². The van der Waals surface area contributed by atoms with Crippen molar-refractivity contribution in [2.45, 2.75) is 6.54 Å². The number of carbonyl (C=O) groups is 1. The number of aromatic nitrogens is 1. The minimum atomic E-state index is -0.328. The standard InChI is InChI=1S/C15H13FN2O2/c1-2-14(19)18-10-11-7-8-17-15(9-11)20-13-5-3-12(16)4-6-13/h2-9H,1,10H2,(H,18,19). The Kier molecular flexibility index (Phi) is 4.44. The second-order valence-corrected chi connectivity index (χ2v) is 3.98. The highest BCUT2D eigenvalue weighted by molar-refractivity contribution is 5.86. The lowest BCUT2D eigenvalue weighted by molar-refractivity contribution is -0.116. The van der Waals surface area contributed by atoms with Crippen molar-refractivity contribution in [3.05, 3.63) is 66.6 Å². The molecule has 0 aliphatic carbocycles. The topological polar surface area (TPSA) is 51.2 Å². The number of benzene rings is 1. The van der Waals surface area contributed by atoms with Gasteiger partial charge < -0.3 is 10.1 Å². The highest BCUT2D eigenvalue weighted by Crippen LogP contribution is 2.20. The van der Waals surface area contributed by atoms with Gasteiger partial charge in [0.15, 0.2) is 0 Å². The summed E-state index contributed by atoms with van der Waals surface area (Å²) in [4.78, 5) is 15.1. The molecule has 0 spiro atoms. The van der Waals surface area contributed by atoms with E-state index in [4.69, 9.17) is 4.74 Å². The Bertz CT molecular complexity index is 612. The van der Waals surface area contributed by atoms with E-state index in [0.29, 0.717) is 18.2 Å². The summed E-state index contributed by atoms with van der Waals surface area (Å²) in [5, 5.41) is 2.66. The van der Waals surface area contributed by atoms with Crippen LogP contribution in [-0.2, 0) is 11.3 Å². The molecule has 4 nitrogen and oxygen atoms in total. The first kappa shape index (κ1) is 13.7. The van der Waals surface area contributed by atoms with Gasteiger partial charge in [0.25, 0.3) is 0 Å². The molecule has 0 bridgehead atoms. The van der Waals surface area contributed by atoms with Crippen molar-refractivity contribution >= 4 is 5.91 Å². The van der Waals surface area contributed by atoms with E-state index in [0.717, 1.165) is 5.56 Å². The number of rotatable bonds is 5. The summed E-state index contributed by atoms with van der Waals surface area (Å²) >= 11 is 0. The number of carbonyl (C=O) groups excluding carboxylic acids is 1. The molecule has 2 rings (SSSR count). The van der Waals surface area contributed by atoms with Crippen molar-refractivity contribution in [1.82, 2.24) is 10.3 Å². The quantitative estimate of drug-likeness (QED) is 0.851. The number of pyridine rings is 1. The minimum Gasteiger partial charge on any atom is -0.439 e. The SMILES string of the molecule is C=CC(=O)NCc1ccnc(Oc2ccc(F)cc2)c1. The first-order chi connectivity index (χ1) is 9.67. The normalized spacial score (nSPS) is 9.85. The Hall–Kier alpha value is -2.69. The van der Waals surface area contributed by atoms with Gasteiger partial charge in [-0.15, -0.1) is 0 Å². The third-order valence-electron chi connectivity index (χ3n) is 2.49. The number of nitrogens with one attached hydrogen (secondary N) is 1. The van der Waals surface area contributed by atoms with Crippen molar-refractivity contribution < 1.29 is 13.9 Å². The monoisotopic (exact) mass is 272 g/mol. The first-order valence-electron chi connectivity index (χ1n) is 5.96. The summed E-state index contributed by atoms with van der Waals surface area (Å²) in [5.41, 5.74) is 0.840. The summed E-state index contributed by atoms with van der Waals surface area (Å²) in [7, 11) is 0. The van der Waals surface area contributed by atoms with Gasteiger partial charge in [0, 0.05) is 18.8 Å². The van der Waals surface area contributed by atoms with E-state index < -0.39 is 0 Å². The molecule has 102 valence electrons. The first-order valence-corrected chi connectivity index (χ1v) is 5.96. The summed E-state index contributed by atoms with van der Waals surface area (Å²) in [6.45, 7) is 3.73. The van der Waals surface area contributed by atoms with E-state index in [1.54, 1.807) is 18.3 Å². The molecule has 2 aromatic rings. The van der Waals surface area contributed by atoms with Gasteiger partial charge in [-0.05, 0) is 42.0 Å². The molecular weight excluding hydrogens is 259 g/mol. The van der Waals surface area contributed by atoms with Gasteiger partial charge >= 0.3 is 0 Å². The third-order valence-corrected chi connectivity index (χ3v) is 2.49. The van der Waals surface area contributed by atoms with Crippen LogP contribution in [0.3, 0.4) is 0 Å². The number of nitrogens with zero attached hydrogens (tertiary/aromatic N) is 1. The van der Waals surface area contributed by atoms with Crippen LogP contribution in [0.15, 0.2) is 55.3 Å². The predicted octanol–water partition coefficient (Wildman–Crippen LogP) is 2.82. The Morgan fingerprint density at radius 3 is 2.80 bits per heavy atom. The van der Waals surface area contributed by atoms with Gasteiger partial charge in [-0.2, -0.15) is 0 Å². The number of hydrogen-bond acceptors (Lipinski definition) is 3. The van der Waals surface area contributed by atoms with Crippen molar-refractivity contribution in [2.75, 3.05) is 0 Å². The van der Waals surface area contributed by atoms with Crippen LogP contribution in [0.4, 0.5) is 4.39 Å². The molecule has 0 radical (unpaired) electrons. The van der Waals surface area contributed by atoms with E-state index in [2.05, 4.69) is 16.9 Å². The fourth-order valence-electron chi connectivity index (χ4n) is 1.50. The van der Waals surface area contributed by atoms with Gasteiger partial charge in [0.05, 0.1) is 0 Å². The second kappa shape index (κ2) is 6.47. The van der Waals surface area contributed by atoms with Gasteiger partial charge in [0.1, 0.15) is 11.6 Å². The molecule has 1 heterocycles. The van der Waals surface area contributed by atoms with E-state index in [-0.39, 0.29) is 11.7 Å². The summed E-state index contributed by atoms with van der Waals surface area (Å²) in [6, 6.07) is 9.12. The number of hydrogen-bond donors (Lipinski definition) is 1. The maximum Gasteiger partial charge on any atom is 0.243 e. The lowest BCUT2D eigenvalue weighted by Gasteiger charge is -2.07. The molecule has 0 saturated carbocycles. The Morgan fingerprint density at radius 1 is 1.35 bits per heavy atom. The Balaban J connectivity index is 2.03. The summed E-state index contributed by atoms with van der Waals surface area (Å²) in [5.74, 6) is 0.294. The van der Waals surface area contributed by atoms with Crippen LogP contribution in [-0.4, -0.2) is 10.9 Å². The molecule has 5 heteroatoms. The minimum absolute atomic E-state index is 0.247. The largest absolute Gasteiger partial charge is 0.439 e. The summed E-state index contributed by atoms with van der Waals surface area (Å²) < 4.78 is 18.3. The average molecular weight is 272 g/mol. The zero-order valence-electron chi connectivity index (χ0n) is 10.7. The lowest BCUT2D eigenvalue weighted by Crippen LogP contribution is -2.19. The molecule has 1 amide bonds. The Morgan fingerprint density at radius 2 is 2.10 bits per heavy atom. The van der Waals surface area contributed by atoms with E-state index in [1.165, 1.54) is 30.3 Å². The molecule has 0 aliphatic rings. The maximum atomic E-state index is 12.8. The number of amides is 1. The molecule has 0 aliphatic heterocycles. The third kappa shape index (κ3) is 3.91. The second-order valence-electron chi connectivity index (χ2n) is 3.98. The Labute approximate surface area is 115 Å². The lowest BCUT2D eigenvalue weighted by atomic mass is 10.2. The molecule has 0 saturated heterocycles. The van der Waals surface area contributed by atoms with Gasteiger partial charge in [-0.3, -0.25) is 4.79 Å².